The van der Waals surface area contributed by atoms with Gasteiger partial charge in [-0.3, -0.25) is 0 Å². The van der Waals surface area contributed by atoms with Crippen LogP contribution in [0.25, 0.3) is 11.1 Å². The molecule has 86 heavy (non-hydrogen) atoms. The van der Waals surface area contributed by atoms with E-state index in [1.54, 1.807) is 54.9 Å². The van der Waals surface area contributed by atoms with Gasteiger partial charge in [-0.1, -0.05) is 315 Å². The molecule has 0 amide bonds. The van der Waals surface area contributed by atoms with Crippen molar-refractivity contribution < 1.29 is 0 Å². The molecule has 4 heteroatoms. The highest BCUT2D eigenvalue weighted by molar-refractivity contribution is 7.72. The highest BCUT2D eigenvalue weighted by atomic mass is 31.1. The molecule has 14 rings (SSSR count). The zero-order valence-corrected chi connectivity index (χ0v) is 52.8. The lowest BCUT2D eigenvalue weighted by Gasteiger charge is -2.41. The SMILES string of the molecule is c1ccc(P(Cc2c([Si](c3ccccc3)(c3ccccc3)c3ccccc3)cc3c(c2-c2c4c(cc([Si](c5ccccc5)(c5ccccc5)c5ccccc5)c2CP(c2ccccc2)c2ccccc2)CCCC4)CCCC3)c2ccccc2)cc1. The van der Waals surface area contributed by atoms with E-state index in [9.17, 15) is 0 Å². The largest absolute Gasteiger partial charge is 0.179 e. The van der Waals surface area contributed by atoms with Crippen molar-refractivity contribution in [1.29, 1.82) is 0 Å². The lowest BCUT2D eigenvalue weighted by atomic mass is 9.77. The van der Waals surface area contributed by atoms with E-state index in [-0.39, 0.29) is 0 Å². The highest BCUT2D eigenvalue weighted by Gasteiger charge is 2.48. The summed E-state index contributed by atoms with van der Waals surface area (Å²) >= 11 is 0. The first-order valence-corrected chi connectivity index (χ1v) is 38.2. The van der Waals surface area contributed by atoms with Gasteiger partial charge in [0, 0.05) is 12.3 Å². The van der Waals surface area contributed by atoms with Crippen LogP contribution in [0.1, 0.15) is 59.1 Å². The first kappa shape index (κ1) is 55.8. The minimum atomic E-state index is -3.21. The van der Waals surface area contributed by atoms with Crippen molar-refractivity contribution in [3.63, 3.8) is 0 Å². The predicted octanol–water partition coefficient (Wildman–Crippen LogP) is 13.1. The third-order valence-corrected chi connectivity index (χ3v) is 33.4. The van der Waals surface area contributed by atoms with E-state index in [2.05, 4.69) is 315 Å². The minimum Gasteiger partial charge on any atom is -0.0623 e. The Morgan fingerprint density at radius 1 is 0.244 bits per heavy atom. The average Bonchev–Trinajstić information content (AvgIpc) is 0.794. The summed E-state index contributed by atoms with van der Waals surface area (Å²) in [6, 6.07) is 123. The van der Waals surface area contributed by atoms with Crippen LogP contribution in [0.2, 0.25) is 0 Å². The van der Waals surface area contributed by atoms with Crippen LogP contribution in [0.4, 0.5) is 0 Å². The number of benzene rings is 12. The van der Waals surface area contributed by atoms with E-state index in [0.717, 1.165) is 38.0 Å². The molecule has 0 aliphatic heterocycles. The monoisotopic (exact) mass is 1170 g/mol. The number of rotatable bonds is 17. The Bertz CT molecular complexity index is 3640. The van der Waals surface area contributed by atoms with Gasteiger partial charge in [-0.25, -0.2) is 0 Å². The molecule has 0 spiro atoms. The maximum absolute atomic E-state index is 3.21. The lowest BCUT2D eigenvalue weighted by molar-refractivity contribution is 0.681. The molecular formula is C82H72P2Si2. The Kier molecular flexibility index (Phi) is 16.5. The maximum atomic E-state index is 2.84. The summed E-state index contributed by atoms with van der Waals surface area (Å²) in [6.07, 6.45) is 10.8. The van der Waals surface area contributed by atoms with Crippen molar-refractivity contribution >= 4 is 94.7 Å². The van der Waals surface area contributed by atoms with E-state index < -0.39 is 32.0 Å². The van der Waals surface area contributed by atoms with Crippen LogP contribution in [0.15, 0.2) is 315 Å². The lowest BCUT2D eigenvalue weighted by Crippen LogP contribution is -2.75. The fourth-order valence-electron chi connectivity index (χ4n) is 15.0. The summed E-state index contributed by atoms with van der Waals surface area (Å²) in [5.74, 6) is 0. The molecule has 418 valence electrons. The fraction of sp³-hybridized carbons (Fsp3) is 0.122. The van der Waals surface area contributed by atoms with Gasteiger partial charge in [0.05, 0.1) is 0 Å². The quantitative estimate of drug-likeness (QED) is 0.0484. The van der Waals surface area contributed by atoms with E-state index in [0.29, 0.717) is 0 Å². The Morgan fingerprint density at radius 3 is 0.686 bits per heavy atom. The van der Waals surface area contributed by atoms with Gasteiger partial charge in [0.2, 0.25) is 0 Å². The van der Waals surface area contributed by atoms with Gasteiger partial charge >= 0.3 is 0 Å². The smallest absolute Gasteiger partial charge is 0.0623 e. The van der Waals surface area contributed by atoms with E-state index in [1.807, 2.05) is 0 Å². The third-order valence-electron chi connectivity index (χ3n) is 18.7. The van der Waals surface area contributed by atoms with Gasteiger partial charge in [-0.15, -0.1) is 0 Å². The summed E-state index contributed by atoms with van der Waals surface area (Å²) in [5.41, 5.74) is 12.6. The molecule has 0 saturated heterocycles. The van der Waals surface area contributed by atoms with Crippen molar-refractivity contribution in [2.24, 2.45) is 0 Å². The number of aryl methyl sites for hydroxylation is 2. The molecule has 0 fully saturated rings. The van der Waals surface area contributed by atoms with Crippen molar-refractivity contribution in [3.05, 3.63) is 349 Å². The van der Waals surface area contributed by atoms with Gasteiger partial charge in [0.1, 0.15) is 0 Å². The number of fused-ring (bicyclic) bond motifs is 2. The molecule has 0 N–H and O–H groups in total. The van der Waals surface area contributed by atoms with Crippen LogP contribution in [-0.4, -0.2) is 16.1 Å². The van der Waals surface area contributed by atoms with Crippen LogP contribution in [-0.2, 0) is 38.0 Å². The highest BCUT2D eigenvalue weighted by Crippen LogP contribution is 2.49. The zero-order chi connectivity index (χ0) is 57.5. The summed E-state index contributed by atoms with van der Waals surface area (Å²) in [4.78, 5) is 0. The Hall–Kier alpha value is -8.07. The number of hydrogen-bond donors (Lipinski definition) is 0. The molecule has 0 unspecified atom stereocenters. The van der Waals surface area contributed by atoms with E-state index >= 15 is 0 Å². The first-order chi connectivity index (χ1) is 42.7. The van der Waals surface area contributed by atoms with Crippen molar-refractivity contribution in [3.8, 4) is 11.1 Å². The van der Waals surface area contributed by atoms with Crippen LogP contribution < -0.4 is 62.7 Å². The predicted molar refractivity (Wildman–Crippen MR) is 378 cm³/mol. The molecule has 0 aromatic heterocycles. The second-order valence-corrected chi connectivity index (χ2v) is 35.4. The maximum Gasteiger partial charge on any atom is 0.179 e. The van der Waals surface area contributed by atoms with E-state index in [1.165, 1.54) is 78.0 Å². The van der Waals surface area contributed by atoms with Crippen LogP contribution in [0.5, 0.6) is 0 Å². The van der Waals surface area contributed by atoms with Crippen LogP contribution in [0, 0.1) is 0 Å². The van der Waals surface area contributed by atoms with Gasteiger partial charge in [-0.2, -0.15) is 0 Å². The van der Waals surface area contributed by atoms with Crippen LogP contribution in [0.3, 0.4) is 0 Å². The Balaban J connectivity index is 1.23. The fourth-order valence-corrected chi connectivity index (χ4v) is 30.2. The molecular weight excluding hydrogens is 1100 g/mol. The molecule has 0 saturated carbocycles. The summed E-state index contributed by atoms with van der Waals surface area (Å²) in [6.45, 7) is 0. The first-order valence-electron chi connectivity index (χ1n) is 31.2. The van der Waals surface area contributed by atoms with Gasteiger partial charge in [0.25, 0.3) is 0 Å². The molecule has 2 aliphatic rings. The molecule has 0 heterocycles. The minimum absolute atomic E-state index is 0.908. The second kappa shape index (κ2) is 25.5. The van der Waals surface area contributed by atoms with Gasteiger partial charge in [0.15, 0.2) is 16.1 Å². The van der Waals surface area contributed by atoms with Gasteiger partial charge in [-0.05, 0) is 174 Å². The van der Waals surface area contributed by atoms with Crippen LogP contribution >= 0.6 is 15.8 Å². The topological polar surface area (TPSA) is 0 Å². The zero-order valence-electron chi connectivity index (χ0n) is 49.0. The molecule has 12 aromatic carbocycles. The molecule has 2 aliphatic carbocycles. The van der Waals surface area contributed by atoms with Gasteiger partial charge < -0.3 is 0 Å². The molecule has 0 bridgehead atoms. The third kappa shape index (κ3) is 10.5. The summed E-state index contributed by atoms with van der Waals surface area (Å²) in [7, 11) is -8.29. The normalized spacial score (nSPS) is 13.3. The van der Waals surface area contributed by atoms with Crippen molar-refractivity contribution in [2.45, 2.75) is 63.7 Å². The number of hydrogen-bond acceptors (Lipinski definition) is 0. The van der Waals surface area contributed by atoms with E-state index in [4.69, 9.17) is 0 Å². The summed E-state index contributed by atoms with van der Waals surface area (Å²) < 4.78 is 0. The Labute approximate surface area is 514 Å². The Morgan fingerprint density at radius 2 is 0.453 bits per heavy atom. The van der Waals surface area contributed by atoms with Crippen molar-refractivity contribution in [1.82, 2.24) is 0 Å². The molecule has 12 aromatic rings. The van der Waals surface area contributed by atoms with Crippen molar-refractivity contribution in [2.75, 3.05) is 0 Å². The standard InChI is InChI=1S/C82H72P2Si2/c1-11-37-65(38-12-1)83(66-39-13-2-14-40-66)61-77-79(85(69-45-19-5-20-46-69,70-47-21-6-22-48-70)71-49-23-7-24-50-71)59-63-35-31-33-57-75(63)81(77)82-76-58-34-32-36-64(76)60-80(78(82)62-84(67-41-15-3-16-42-67)68-43-17-4-18-44-68)86(72-51-25-8-26-52-72,73-53-27-9-28-54-73)74-55-29-10-30-56-74/h1-30,37-56,59-60H,31-36,57-58,61-62H2. The molecule has 0 atom stereocenters. The summed E-state index contributed by atoms with van der Waals surface area (Å²) in [5, 5.41) is 17.4. The molecule has 0 nitrogen and oxygen atoms in total. The average molecular weight is 1180 g/mol. The molecule has 0 radical (unpaired) electrons. The second-order valence-electron chi connectivity index (χ2n) is 23.5.